The number of carbonyl (C=O) groups is 3. The molecule has 3 aromatic carbocycles. The summed E-state index contributed by atoms with van der Waals surface area (Å²) < 4.78 is 10.9. The zero-order valence-electron chi connectivity index (χ0n) is 17.5. The minimum Gasteiger partial charge on any atom is -0.494 e. The van der Waals surface area contributed by atoms with Crippen LogP contribution in [0.4, 0.5) is 5.69 Å². The fraction of sp³-hybridized carbons (Fsp3) is 0.115. The van der Waals surface area contributed by atoms with Gasteiger partial charge in [0.2, 0.25) is 0 Å². The van der Waals surface area contributed by atoms with Gasteiger partial charge in [0.05, 0.1) is 23.4 Å². The highest BCUT2D eigenvalue weighted by molar-refractivity contribution is 6.34. The van der Waals surface area contributed by atoms with Crippen molar-refractivity contribution in [2.45, 2.75) is 13.3 Å². The van der Waals surface area contributed by atoms with Gasteiger partial charge in [0.15, 0.2) is 0 Å². The molecular formula is C26H21NO5. The molecule has 1 aliphatic rings. The van der Waals surface area contributed by atoms with Gasteiger partial charge in [-0.25, -0.2) is 9.69 Å². The lowest BCUT2D eigenvalue weighted by molar-refractivity contribution is -0.128. The number of amides is 2. The normalized spacial score (nSPS) is 12.8. The van der Waals surface area contributed by atoms with Crippen LogP contribution in [0.15, 0.2) is 78.9 Å². The monoisotopic (exact) mass is 427 g/mol. The second-order valence-corrected chi connectivity index (χ2v) is 7.16. The van der Waals surface area contributed by atoms with Gasteiger partial charge in [-0.1, -0.05) is 37.3 Å². The first kappa shape index (κ1) is 21.1. The molecule has 0 aromatic heterocycles. The van der Waals surface area contributed by atoms with Gasteiger partial charge in [0, 0.05) is 12.1 Å². The molecule has 1 heterocycles. The van der Waals surface area contributed by atoms with E-state index < -0.39 is 17.8 Å². The van der Waals surface area contributed by atoms with Gasteiger partial charge >= 0.3 is 5.97 Å². The maximum atomic E-state index is 12.7. The predicted octanol–water partition coefficient (Wildman–Crippen LogP) is 4.89. The average molecular weight is 427 g/mol. The molecule has 0 spiro atoms. The fourth-order valence-corrected chi connectivity index (χ4v) is 3.32. The first-order chi connectivity index (χ1) is 15.6. The van der Waals surface area contributed by atoms with E-state index in [9.17, 15) is 14.4 Å². The molecule has 1 aliphatic heterocycles. The second kappa shape index (κ2) is 9.31. The Balaban J connectivity index is 1.43. The summed E-state index contributed by atoms with van der Waals surface area (Å²) in [6.45, 7) is 2.69. The molecule has 4 rings (SSSR count). The van der Waals surface area contributed by atoms with Crippen molar-refractivity contribution < 1.29 is 23.9 Å². The molecule has 6 nitrogen and oxygen atoms in total. The lowest BCUT2D eigenvalue weighted by Crippen LogP contribution is -2.29. The molecule has 3 aromatic rings. The van der Waals surface area contributed by atoms with Gasteiger partial charge in [-0.05, 0) is 54.5 Å². The summed E-state index contributed by atoms with van der Waals surface area (Å²) in [5.74, 6) is -0.370. The zero-order valence-corrected chi connectivity index (χ0v) is 17.5. The Morgan fingerprint density at radius 3 is 2.22 bits per heavy atom. The van der Waals surface area contributed by atoms with E-state index in [2.05, 4.69) is 0 Å². The van der Waals surface area contributed by atoms with Gasteiger partial charge in [-0.2, -0.15) is 0 Å². The van der Waals surface area contributed by atoms with Crippen LogP contribution in [0, 0.1) is 0 Å². The minimum absolute atomic E-state index is 0.233. The topological polar surface area (TPSA) is 72.9 Å². The average Bonchev–Trinajstić information content (AvgIpc) is 3.07. The number of rotatable bonds is 7. The maximum absolute atomic E-state index is 12.7. The molecule has 0 fully saturated rings. The van der Waals surface area contributed by atoms with Crippen LogP contribution in [0.5, 0.6) is 11.5 Å². The van der Waals surface area contributed by atoms with Crippen LogP contribution in [0.1, 0.15) is 39.6 Å². The Hall–Kier alpha value is -4.19. The van der Waals surface area contributed by atoms with Crippen molar-refractivity contribution >= 4 is 29.5 Å². The summed E-state index contributed by atoms with van der Waals surface area (Å²) in [4.78, 5) is 38.7. The van der Waals surface area contributed by atoms with Crippen molar-refractivity contribution in [3.8, 4) is 11.5 Å². The molecule has 6 heteroatoms. The smallest absolute Gasteiger partial charge is 0.336 e. The molecule has 0 saturated carbocycles. The number of imide groups is 1. The molecule has 2 amide bonds. The summed E-state index contributed by atoms with van der Waals surface area (Å²) in [6.07, 6.45) is 3.89. The van der Waals surface area contributed by atoms with E-state index in [1.165, 1.54) is 12.1 Å². The van der Waals surface area contributed by atoms with Crippen LogP contribution in [-0.4, -0.2) is 24.4 Å². The second-order valence-electron chi connectivity index (χ2n) is 7.16. The summed E-state index contributed by atoms with van der Waals surface area (Å²) >= 11 is 0. The SMILES string of the molecule is CCCOc1ccc(/C=C/C(=O)Oc2cccc(N3C(=O)c4ccccc4C3=O)c2)cc1. The summed E-state index contributed by atoms with van der Waals surface area (Å²) in [5.41, 5.74) is 1.88. The minimum atomic E-state index is -0.573. The number of fused-ring (bicyclic) bond motifs is 1. The number of ether oxygens (including phenoxy) is 2. The Morgan fingerprint density at radius 2 is 1.56 bits per heavy atom. The third kappa shape index (κ3) is 4.44. The van der Waals surface area contributed by atoms with E-state index in [1.807, 2.05) is 31.2 Å². The maximum Gasteiger partial charge on any atom is 0.336 e. The van der Waals surface area contributed by atoms with Crippen LogP contribution in [0.2, 0.25) is 0 Å². The van der Waals surface area contributed by atoms with Crippen molar-refractivity contribution in [3.63, 3.8) is 0 Å². The highest BCUT2D eigenvalue weighted by Crippen LogP contribution is 2.30. The van der Waals surface area contributed by atoms with Gasteiger partial charge in [-0.3, -0.25) is 9.59 Å². The van der Waals surface area contributed by atoms with Crippen LogP contribution in [0.3, 0.4) is 0 Å². The molecule has 0 radical (unpaired) electrons. The standard InChI is InChI=1S/C26H21NO5/c1-2-16-31-20-13-10-18(11-14-20)12-15-24(28)32-21-7-5-6-19(17-21)27-25(29)22-8-3-4-9-23(22)26(27)30/h3-15,17H,2,16H2,1H3/b15-12+. The van der Waals surface area contributed by atoms with Crippen molar-refractivity contribution in [1.29, 1.82) is 0 Å². The van der Waals surface area contributed by atoms with Crippen molar-refractivity contribution in [2.75, 3.05) is 11.5 Å². The van der Waals surface area contributed by atoms with Crippen LogP contribution >= 0.6 is 0 Å². The summed E-state index contributed by atoms with van der Waals surface area (Å²) in [6, 6.07) is 20.4. The number of hydrogen-bond donors (Lipinski definition) is 0. The molecule has 0 unspecified atom stereocenters. The molecule has 0 N–H and O–H groups in total. The molecule has 0 aliphatic carbocycles. The quantitative estimate of drug-likeness (QED) is 0.232. The van der Waals surface area contributed by atoms with E-state index >= 15 is 0 Å². The Bertz CT molecular complexity index is 1160. The first-order valence-corrected chi connectivity index (χ1v) is 10.3. The van der Waals surface area contributed by atoms with Crippen LogP contribution < -0.4 is 14.4 Å². The third-order valence-electron chi connectivity index (χ3n) is 4.85. The van der Waals surface area contributed by atoms with E-state index in [1.54, 1.807) is 48.5 Å². The molecule has 32 heavy (non-hydrogen) atoms. The molecule has 0 bridgehead atoms. The Morgan fingerprint density at radius 1 is 0.875 bits per heavy atom. The number of hydrogen-bond acceptors (Lipinski definition) is 5. The van der Waals surface area contributed by atoms with E-state index in [-0.39, 0.29) is 5.75 Å². The fourth-order valence-electron chi connectivity index (χ4n) is 3.32. The van der Waals surface area contributed by atoms with Crippen molar-refractivity contribution in [2.24, 2.45) is 0 Å². The van der Waals surface area contributed by atoms with Gasteiger partial charge in [0.25, 0.3) is 11.8 Å². The van der Waals surface area contributed by atoms with E-state index in [0.717, 1.165) is 22.6 Å². The van der Waals surface area contributed by atoms with Crippen LogP contribution in [0.25, 0.3) is 6.08 Å². The van der Waals surface area contributed by atoms with Crippen LogP contribution in [-0.2, 0) is 4.79 Å². The number of esters is 1. The van der Waals surface area contributed by atoms with Crippen molar-refractivity contribution in [1.82, 2.24) is 0 Å². The highest BCUT2D eigenvalue weighted by atomic mass is 16.5. The lowest BCUT2D eigenvalue weighted by Gasteiger charge is -2.14. The number of benzene rings is 3. The predicted molar refractivity (Wildman–Crippen MR) is 121 cm³/mol. The number of anilines is 1. The zero-order chi connectivity index (χ0) is 22.5. The third-order valence-corrected chi connectivity index (χ3v) is 4.85. The first-order valence-electron chi connectivity index (χ1n) is 10.3. The van der Waals surface area contributed by atoms with Gasteiger partial charge < -0.3 is 9.47 Å². The molecule has 160 valence electrons. The summed E-state index contributed by atoms with van der Waals surface area (Å²) in [7, 11) is 0. The molecular weight excluding hydrogens is 406 g/mol. The largest absolute Gasteiger partial charge is 0.494 e. The Labute approximate surface area is 185 Å². The van der Waals surface area contributed by atoms with Crippen molar-refractivity contribution in [3.05, 3.63) is 95.6 Å². The summed E-state index contributed by atoms with van der Waals surface area (Å²) in [5, 5.41) is 0. The number of nitrogens with zero attached hydrogens (tertiary/aromatic N) is 1. The lowest BCUT2D eigenvalue weighted by atomic mass is 10.1. The number of carbonyl (C=O) groups excluding carboxylic acids is 3. The van der Waals surface area contributed by atoms with E-state index in [0.29, 0.717) is 23.4 Å². The molecule has 0 saturated heterocycles. The molecule has 0 atom stereocenters. The Kier molecular flexibility index (Phi) is 6.12. The van der Waals surface area contributed by atoms with Gasteiger partial charge in [-0.15, -0.1) is 0 Å². The van der Waals surface area contributed by atoms with Gasteiger partial charge in [0.1, 0.15) is 11.5 Å². The van der Waals surface area contributed by atoms with E-state index in [4.69, 9.17) is 9.47 Å². The highest BCUT2D eigenvalue weighted by Gasteiger charge is 2.36.